The van der Waals surface area contributed by atoms with Gasteiger partial charge in [-0.25, -0.2) is 0 Å². The second-order valence-electron chi connectivity index (χ2n) is 4.17. The van der Waals surface area contributed by atoms with E-state index in [1.54, 1.807) is 0 Å². The van der Waals surface area contributed by atoms with E-state index in [9.17, 15) is 5.11 Å². The largest absolute Gasteiger partial charge is 0.400 e. The number of ether oxygens (including phenoxy) is 1. The standard InChI is InChI=1S/C13H18INO2/c15-11-2-1-3-12(13(11)16)17-9-6-10-4-7-14-8-5-10/h2,4-5,7-8,12-13,16H,1,3,6,9,15H2/t12-,13+/m0/s1. The first kappa shape index (κ1) is 13.0. The van der Waals surface area contributed by atoms with Gasteiger partial charge < -0.3 is 15.6 Å². The third-order valence-corrected chi connectivity index (χ3v) is 4.50. The molecule has 0 saturated carbocycles. The van der Waals surface area contributed by atoms with Crippen LogP contribution in [0, 0.1) is 0 Å². The highest BCUT2D eigenvalue weighted by atomic mass is 127. The van der Waals surface area contributed by atoms with Gasteiger partial charge in [0.05, 0.1) is 12.7 Å². The molecule has 0 aromatic rings. The fourth-order valence-corrected chi connectivity index (χ4v) is 3.49. The van der Waals surface area contributed by atoms with Crippen LogP contribution in [0.25, 0.3) is 0 Å². The molecule has 2 rings (SSSR count). The molecule has 0 saturated heterocycles. The molecule has 0 bridgehead atoms. The molecule has 3 nitrogen and oxygen atoms in total. The van der Waals surface area contributed by atoms with Crippen molar-refractivity contribution in [1.29, 1.82) is 0 Å². The highest BCUT2D eigenvalue weighted by Gasteiger charge is 2.24. The van der Waals surface area contributed by atoms with E-state index < -0.39 is 6.10 Å². The Bertz CT molecular complexity index is 385. The third-order valence-electron chi connectivity index (χ3n) is 2.95. The van der Waals surface area contributed by atoms with Gasteiger partial charge in [-0.05, 0) is 32.9 Å². The molecule has 1 aliphatic carbocycles. The molecule has 0 spiro atoms. The average molecular weight is 347 g/mol. The maximum Gasteiger partial charge on any atom is 0.119 e. The topological polar surface area (TPSA) is 55.5 Å². The second-order valence-corrected chi connectivity index (χ2v) is 6.33. The molecule has 0 radical (unpaired) electrons. The number of rotatable bonds is 4. The summed E-state index contributed by atoms with van der Waals surface area (Å²) in [7, 11) is 0. The van der Waals surface area contributed by atoms with Crippen LogP contribution in [0.15, 0.2) is 33.6 Å². The van der Waals surface area contributed by atoms with Crippen LogP contribution in [0.3, 0.4) is 0 Å². The lowest BCUT2D eigenvalue weighted by molar-refractivity contribution is -0.0291. The van der Waals surface area contributed by atoms with Gasteiger partial charge in [0, 0.05) is 5.70 Å². The van der Waals surface area contributed by atoms with Crippen LogP contribution in [0.2, 0.25) is 0 Å². The lowest BCUT2D eigenvalue weighted by Gasteiger charge is -2.27. The van der Waals surface area contributed by atoms with Crippen molar-refractivity contribution in [2.75, 3.05) is 6.61 Å². The molecule has 0 aromatic carbocycles. The van der Waals surface area contributed by atoms with Gasteiger partial charge >= 0.3 is 0 Å². The van der Waals surface area contributed by atoms with E-state index >= 15 is 0 Å². The van der Waals surface area contributed by atoms with Gasteiger partial charge in [0.2, 0.25) is 0 Å². The summed E-state index contributed by atoms with van der Waals surface area (Å²) in [4.78, 5) is 0. The predicted molar refractivity (Wildman–Crippen MR) is 79.2 cm³/mol. The first-order chi connectivity index (χ1) is 8.27. The SMILES string of the molecule is NC1=CCC[C@H](OCCC2=CC=IC=C2)[C@@H]1O. The van der Waals surface area contributed by atoms with Gasteiger partial charge in [0.15, 0.2) is 0 Å². The summed E-state index contributed by atoms with van der Waals surface area (Å²) < 4.78 is 10.2. The number of aliphatic hydroxyl groups is 1. The first-order valence-corrected chi connectivity index (χ1v) is 8.32. The maximum atomic E-state index is 9.83. The van der Waals surface area contributed by atoms with Crippen molar-refractivity contribution in [3.05, 3.63) is 33.6 Å². The Balaban J connectivity index is 1.75. The summed E-state index contributed by atoms with van der Waals surface area (Å²) in [6.07, 6.45) is 8.15. The Hall–Kier alpha value is -0.460. The highest BCUT2D eigenvalue weighted by Crippen LogP contribution is 2.20. The molecular formula is C13H18INO2. The van der Waals surface area contributed by atoms with E-state index in [1.165, 1.54) is 5.57 Å². The van der Waals surface area contributed by atoms with Crippen molar-refractivity contribution in [2.45, 2.75) is 31.5 Å². The van der Waals surface area contributed by atoms with Crippen LogP contribution < -0.4 is 5.73 Å². The Morgan fingerprint density at radius 3 is 3.18 bits per heavy atom. The van der Waals surface area contributed by atoms with Crippen molar-refractivity contribution >= 4 is 24.7 Å². The number of aliphatic hydroxyl groups excluding tert-OH is 1. The van der Waals surface area contributed by atoms with E-state index in [0.29, 0.717) is 12.3 Å². The molecule has 2 atom stereocenters. The number of allylic oxidation sites excluding steroid dienone is 3. The second kappa shape index (κ2) is 6.47. The van der Waals surface area contributed by atoms with Gasteiger partial charge in [-0.3, -0.25) is 0 Å². The molecule has 17 heavy (non-hydrogen) atoms. The van der Waals surface area contributed by atoms with E-state index in [0.717, 1.165) is 19.3 Å². The zero-order valence-corrected chi connectivity index (χ0v) is 11.8. The summed E-state index contributed by atoms with van der Waals surface area (Å²) in [5, 5.41) is 9.83. The monoisotopic (exact) mass is 347 g/mol. The van der Waals surface area contributed by atoms with Crippen LogP contribution in [-0.2, 0) is 4.74 Å². The molecule has 0 amide bonds. The van der Waals surface area contributed by atoms with Gasteiger partial charge in [0.1, 0.15) is 6.10 Å². The van der Waals surface area contributed by atoms with Crippen LogP contribution in [0.4, 0.5) is 0 Å². The molecule has 1 aliphatic heterocycles. The van der Waals surface area contributed by atoms with Crippen molar-refractivity contribution < 1.29 is 9.84 Å². The molecule has 0 aromatic heterocycles. The van der Waals surface area contributed by atoms with Gasteiger partial charge in [-0.1, -0.05) is 39.0 Å². The fraction of sp³-hybridized carbons (Fsp3) is 0.462. The van der Waals surface area contributed by atoms with Crippen molar-refractivity contribution in [3.63, 3.8) is 0 Å². The van der Waals surface area contributed by atoms with Crippen molar-refractivity contribution in [1.82, 2.24) is 0 Å². The summed E-state index contributed by atoms with van der Waals surface area (Å²) >= 11 is 0.159. The third kappa shape index (κ3) is 3.76. The number of hydrogen-bond acceptors (Lipinski definition) is 3. The van der Waals surface area contributed by atoms with Gasteiger partial charge in [-0.15, -0.1) is 0 Å². The predicted octanol–water partition coefficient (Wildman–Crippen LogP) is 1.99. The maximum absolute atomic E-state index is 9.83. The highest BCUT2D eigenvalue weighted by molar-refractivity contribution is 14.2. The molecule has 0 unspecified atom stereocenters. The summed E-state index contributed by atoms with van der Waals surface area (Å²) in [5.41, 5.74) is 7.55. The Morgan fingerprint density at radius 1 is 1.53 bits per heavy atom. The Morgan fingerprint density at radius 2 is 2.41 bits per heavy atom. The molecule has 0 fully saturated rings. The Kier molecular flexibility index (Phi) is 4.94. The van der Waals surface area contributed by atoms with E-state index in [4.69, 9.17) is 10.5 Å². The molecule has 94 valence electrons. The Labute approximate surface area is 112 Å². The smallest absolute Gasteiger partial charge is 0.119 e. The minimum atomic E-state index is -0.628. The molecular weight excluding hydrogens is 329 g/mol. The van der Waals surface area contributed by atoms with Crippen LogP contribution in [-0.4, -0.2) is 27.9 Å². The van der Waals surface area contributed by atoms with E-state index in [1.807, 2.05) is 6.08 Å². The minimum absolute atomic E-state index is 0.135. The molecule has 2 aliphatic rings. The number of nitrogens with two attached hydrogens (primary N) is 1. The zero-order valence-electron chi connectivity index (χ0n) is 9.68. The van der Waals surface area contributed by atoms with Crippen molar-refractivity contribution in [2.24, 2.45) is 5.73 Å². The van der Waals surface area contributed by atoms with Crippen LogP contribution in [0.5, 0.6) is 0 Å². The molecule has 4 heteroatoms. The number of hydrogen-bond donors (Lipinski definition) is 2. The van der Waals surface area contributed by atoms with E-state index in [2.05, 4.69) is 20.2 Å². The van der Waals surface area contributed by atoms with Crippen molar-refractivity contribution in [3.8, 4) is 0 Å². The first-order valence-electron chi connectivity index (χ1n) is 5.83. The summed E-state index contributed by atoms with van der Waals surface area (Å²) in [6, 6.07) is 0. The summed E-state index contributed by atoms with van der Waals surface area (Å²) in [6.45, 7) is 0.650. The fourth-order valence-electron chi connectivity index (χ4n) is 1.91. The average Bonchev–Trinajstić information content (AvgIpc) is 2.36. The van der Waals surface area contributed by atoms with Crippen LogP contribution >= 0.6 is 20.7 Å². The normalized spacial score (nSPS) is 28.3. The van der Waals surface area contributed by atoms with E-state index in [-0.39, 0.29) is 26.8 Å². The van der Waals surface area contributed by atoms with Gasteiger partial charge in [0.25, 0.3) is 0 Å². The lowest BCUT2D eigenvalue weighted by atomic mass is 9.99. The van der Waals surface area contributed by atoms with Gasteiger partial charge in [-0.2, -0.15) is 0 Å². The number of halogens is 1. The molecule has 3 N–H and O–H groups in total. The lowest BCUT2D eigenvalue weighted by Crippen LogP contribution is -2.36. The quantitative estimate of drug-likeness (QED) is 0.765. The summed E-state index contributed by atoms with van der Waals surface area (Å²) in [5.74, 6) is 0. The molecule has 1 heterocycles. The minimum Gasteiger partial charge on any atom is -0.400 e. The zero-order chi connectivity index (χ0) is 12.1. The van der Waals surface area contributed by atoms with Crippen LogP contribution in [0.1, 0.15) is 19.3 Å².